The van der Waals surface area contributed by atoms with Crippen LogP contribution < -0.4 is 4.90 Å². The van der Waals surface area contributed by atoms with Gasteiger partial charge in [-0.3, -0.25) is 0 Å². The molecule has 1 spiro atoms. The van der Waals surface area contributed by atoms with Crippen LogP contribution in [0.5, 0.6) is 0 Å². The summed E-state index contributed by atoms with van der Waals surface area (Å²) in [4.78, 5) is 11.7. The highest BCUT2D eigenvalue weighted by atomic mass is 16.7. The van der Waals surface area contributed by atoms with Gasteiger partial charge < -0.3 is 14.4 Å². The summed E-state index contributed by atoms with van der Waals surface area (Å²) in [5.41, 5.74) is 0.152. The summed E-state index contributed by atoms with van der Waals surface area (Å²) in [5.74, 6) is 2.48. The highest BCUT2D eigenvalue weighted by molar-refractivity contribution is 5.39. The summed E-state index contributed by atoms with van der Waals surface area (Å²) in [7, 11) is 0. The number of rotatable bonds is 2. The molecule has 1 aromatic heterocycles. The number of piperidine rings is 1. The summed E-state index contributed by atoms with van der Waals surface area (Å²) in [6.07, 6.45) is 6.89. The second-order valence-electron chi connectivity index (χ2n) is 6.25. The van der Waals surface area contributed by atoms with Crippen LogP contribution in [0.25, 0.3) is 0 Å². The minimum absolute atomic E-state index is 0.152. The van der Waals surface area contributed by atoms with E-state index in [-0.39, 0.29) is 5.41 Å². The zero-order chi connectivity index (χ0) is 13.4. The topological polar surface area (TPSA) is 47.5 Å². The normalized spacial score (nSPS) is 28.6. The van der Waals surface area contributed by atoms with E-state index in [4.69, 9.17) is 14.5 Å². The average molecular weight is 275 g/mol. The molecule has 1 atom stereocenters. The van der Waals surface area contributed by atoms with Gasteiger partial charge in [-0.25, -0.2) is 9.97 Å². The van der Waals surface area contributed by atoms with Gasteiger partial charge in [0.15, 0.2) is 0 Å². The van der Waals surface area contributed by atoms with Crippen LogP contribution in [0.4, 0.5) is 5.82 Å². The lowest BCUT2D eigenvalue weighted by Gasteiger charge is -2.28. The molecule has 108 valence electrons. The Labute approximate surface area is 119 Å². The quantitative estimate of drug-likeness (QED) is 0.825. The Balaban J connectivity index is 1.52. The maximum absolute atomic E-state index is 5.46. The van der Waals surface area contributed by atoms with Crippen LogP contribution in [0.15, 0.2) is 12.3 Å². The van der Waals surface area contributed by atoms with Crippen molar-refractivity contribution < 1.29 is 9.47 Å². The molecule has 0 aromatic carbocycles. The molecule has 20 heavy (non-hydrogen) atoms. The number of hydrogen-bond donors (Lipinski definition) is 0. The maximum atomic E-state index is 5.46. The molecule has 0 amide bonds. The predicted molar refractivity (Wildman–Crippen MR) is 74.7 cm³/mol. The molecule has 0 N–H and O–H groups in total. The second-order valence-corrected chi connectivity index (χ2v) is 6.25. The third-order valence-electron chi connectivity index (χ3n) is 4.79. The molecule has 4 rings (SSSR count). The van der Waals surface area contributed by atoms with Crippen LogP contribution in [0.1, 0.15) is 37.4 Å². The van der Waals surface area contributed by atoms with Crippen LogP contribution in [-0.2, 0) is 9.47 Å². The molecule has 3 heterocycles. The molecule has 3 aliphatic rings. The molecular weight excluding hydrogens is 254 g/mol. The molecule has 2 aliphatic heterocycles. The molecule has 2 saturated heterocycles. The minimum Gasteiger partial charge on any atom is -0.357 e. The highest BCUT2D eigenvalue weighted by Gasteiger charge is 2.58. The van der Waals surface area contributed by atoms with E-state index in [0.717, 1.165) is 44.4 Å². The Bertz CT molecular complexity index is 482. The summed E-state index contributed by atoms with van der Waals surface area (Å²) in [6, 6.07) is 2.04. The van der Waals surface area contributed by atoms with E-state index in [1.54, 1.807) is 0 Å². The Morgan fingerprint density at radius 1 is 1.15 bits per heavy atom. The van der Waals surface area contributed by atoms with Gasteiger partial charge in [-0.15, -0.1) is 0 Å². The van der Waals surface area contributed by atoms with Crippen molar-refractivity contribution in [1.82, 2.24) is 9.97 Å². The molecule has 0 radical (unpaired) electrons. The summed E-state index contributed by atoms with van der Waals surface area (Å²) in [6.45, 7) is 4.25. The van der Waals surface area contributed by atoms with Gasteiger partial charge in [0, 0.05) is 30.6 Å². The Morgan fingerprint density at radius 2 is 1.95 bits per heavy atom. The first kappa shape index (κ1) is 12.5. The Kier molecular flexibility index (Phi) is 3.11. The number of hydrogen-bond acceptors (Lipinski definition) is 5. The lowest BCUT2D eigenvalue weighted by Crippen LogP contribution is -2.30. The van der Waals surface area contributed by atoms with Gasteiger partial charge in [0.2, 0.25) is 0 Å². The summed E-state index contributed by atoms with van der Waals surface area (Å²) >= 11 is 0. The molecule has 3 fully saturated rings. The lowest BCUT2D eigenvalue weighted by atomic mass is 10.1. The minimum atomic E-state index is 0.152. The van der Waals surface area contributed by atoms with Crippen LogP contribution in [0.3, 0.4) is 0 Å². The van der Waals surface area contributed by atoms with Gasteiger partial charge in [-0.05, 0) is 31.7 Å². The Hall–Kier alpha value is -1.20. The van der Waals surface area contributed by atoms with E-state index in [2.05, 4.69) is 9.88 Å². The number of anilines is 1. The third-order valence-corrected chi connectivity index (χ3v) is 4.79. The largest absolute Gasteiger partial charge is 0.357 e. The SMILES string of the molecule is c1cc(N2CCCCC2)nc([C@H]2CC23COCOC3)n1. The number of nitrogens with zero attached hydrogens (tertiary/aromatic N) is 3. The molecule has 1 aromatic rings. The van der Waals surface area contributed by atoms with Crippen molar-refractivity contribution in [2.45, 2.75) is 31.6 Å². The van der Waals surface area contributed by atoms with Crippen molar-refractivity contribution in [3.63, 3.8) is 0 Å². The fourth-order valence-electron chi connectivity index (χ4n) is 3.45. The predicted octanol–water partition coefficient (Wildman–Crippen LogP) is 1.94. The van der Waals surface area contributed by atoms with E-state index in [9.17, 15) is 0 Å². The van der Waals surface area contributed by atoms with Gasteiger partial charge in [-0.1, -0.05) is 0 Å². The van der Waals surface area contributed by atoms with Crippen molar-refractivity contribution >= 4 is 5.82 Å². The fourth-order valence-corrected chi connectivity index (χ4v) is 3.45. The average Bonchev–Trinajstić information content (AvgIpc) is 3.22. The Morgan fingerprint density at radius 3 is 2.75 bits per heavy atom. The van der Waals surface area contributed by atoms with Crippen molar-refractivity contribution in [2.75, 3.05) is 38.0 Å². The van der Waals surface area contributed by atoms with Gasteiger partial charge >= 0.3 is 0 Å². The maximum Gasteiger partial charge on any atom is 0.146 e. The molecule has 5 nitrogen and oxygen atoms in total. The van der Waals surface area contributed by atoms with Crippen molar-refractivity contribution in [2.24, 2.45) is 5.41 Å². The lowest BCUT2D eigenvalue weighted by molar-refractivity contribution is -0.136. The molecule has 0 unspecified atom stereocenters. The molecular formula is C15H21N3O2. The van der Waals surface area contributed by atoms with Crippen LogP contribution in [0.2, 0.25) is 0 Å². The first-order valence-electron chi connectivity index (χ1n) is 7.61. The van der Waals surface area contributed by atoms with E-state index in [1.165, 1.54) is 19.3 Å². The molecule has 5 heteroatoms. The highest BCUT2D eigenvalue weighted by Crippen LogP contribution is 2.59. The van der Waals surface area contributed by atoms with Gasteiger partial charge in [0.25, 0.3) is 0 Å². The standard InChI is InChI=1S/C15H21N3O2/c1-2-6-18(7-3-1)13-4-5-16-14(17-13)12-8-15(12)9-19-11-20-10-15/h4-5,12H,1-3,6-11H2/t12-/m1/s1. The van der Waals surface area contributed by atoms with Crippen LogP contribution in [0, 0.1) is 5.41 Å². The van der Waals surface area contributed by atoms with Crippen molar-refractivity contribution in [1.29, 1.82) is 0 Å². The van der Waals surface area contributed by atoms with Crippen molar-refractivity contribution in [3.8, 4) is 0 Å². The second kappa shape index (κ2) is 4.97. The molecule has 1 aliphatic carbocycles. The first-order chi connectivity index (χ1) is 9.87. The third kappa shape index (κ3) is 2.19. The van der Waals surface area contributed by atoms with Gasteiger partial charge in [-0.2, -0.15) is 0 Å². The van der Waals surface area contributed by atoms with E-state index >= 15 is 0 Å². The van der Waals surface area contributed by atoms with E-state index in [1.807, 2.05) is 12.3 Å². The fraction of sp³-hybridized carbons (Fsp3) is 0.733. The van der Waals surface area contributed by atoms with Gasteiger partial charge in [0.1, 0.15) is 18.4 Å². The molecule has 1 saturated carbocycles. The zero-order valence-corrected chi connectivity index (χ0v) is 11.8. The zero-order valence-electron chi connectivity index (χ0n) is 11.8. The van der Waals surface area contributed by atoms with Crippen molar-refractivity contribution in [3.05, 3.63) is 18.1 Å². The summed E-state index contributed by atoms with van der Waals surface area (Å²) in [5, 5.41) is 0. The number of ether oxygens (including phenoxy) is 2. The van der Waals surface area contributed by atoms with E-state index < -0.39 is 0 Å². The monoisotopic (exact) mass is 275 g/mol. The smallest absolute Gasteiger partial charge is 0.146 e. The van der Waals surface area contributed by atoms with Gasteiger partial charge in [0.05, 0.1) is 13.2 Å². The van der Waals surface area contributed by atoms with Crippen LogP contribution >= 0.6 is 0 Å². The first-order valence-corrected chi connectivity index (χ1v) is 7.61. The summed E-state index contributed by atoms with van der Waals surface area (Å²) < 4.78 is 10.9. The molecule has 0 bridgehead atoms. The van der Waals surface area contributed by atoms with Crippen LogP contribution in [-0.4, -0.2) is 43.1 Å². The van der Waals surface area contributed by atoms with E-state index in [0.29, 0.717) is 12.7 Å². The number of aromatic nitrogens is 2.